The molecule has 88 valence electrons. The van der Waals surface area contributed by atoms with Gasteiger partial charge in [-0.05, 0) is 19.3 Å². The van der Waals surface area contributed by atoms with Crippen molar-refractivity contribution in [3.8, 4) is 0 Å². The van der Waals surface area contributed by atoms with Crippen LogP contribution in [0.2, 0.25) is 0 Å². The Hall–Kier alpha value is -0.620. The summed E-state index contributed by atoms with van der Waals surface area (Å²) in [5.74, 6) is -0.695. The zero-order chi connectivity index (χ0) is 11.3. The lowest BCUT2D eigenvalue weighted by Gasteiger charge is -2.22. The molecule has 0 N–H and O–H groups in total. The summed E-state index contributed by atoms with van der Waals surface area (Å²) in [4.78, 5) is 10.8. The third kappa shape index (κ3) is 3.79. The van der Waals surface area contributed by atoms with E-state index in [0.717, 1.165) is 12.8 Å². The minimum Gasteiger partial charge on any atom is -0.469 e. The molecule has 1 saturated heterocycles. The fraction of sp³-hybridized carbons (Fsp3) is 0.889. The largest absolute Gasteiger partial charge is 0.469 e. The number of esters is 1. The third-order valence-electron chi connectivity index (χ3n) is 2.36. The summed E-state index contributed by atoms with van der Waals surface area (Å²) < 4.78 is 32.9. The Morgan fingerprint density at radius 1 is 1.47 bits per heavy atom. The van der Waals surface area contributed by atoms with Crippen LogP contribution in [0.15, 0.2) is 0 Å². The van der Waals surface area contributed by atoms with Crippen LogP contribution in [-0.4, -0.2) is 39.3 Å². The molecule has 1 aliphatic rings. The zero-order valence-electron chi connectivity index (χ0n) is 8.77. The van der Waals surface area contributed by atoms with Gasteiger partial charge in [-0.25, -0.2) is 8.42 Å². The number of methoxy groups -OCH3 is 1. The Labute approximate surface area is 89.7 Å². The van der Waals surface area contributed by atoms with Crippen molar-refractivity contribution in [2.24, 2.45) is 0 Å². The number of rotatable bonds is 4. The molecule has 0 spiro atoms. The van der Waals surface area contributed by atoms with Crippen molar-refractivity contribution in [2.75, 3.05) is 19.5 Å². The highest BCUT2D eigenvalue weighted by Crippen LogP contribution is 2.19. The van der Waals surface area contributed by atoms with Gasteiger partial charge < -0.3 is 9.47 Å². The van der Waals surface area contributed by atoms with Crippen LogP contribution >= 0.6 is 0 Å². The lowest BCUT2D eigenvalue weighted by atomic mass is 10.2. The molecule has 1 aliphatic heterocycles. The van der Waals surface area contributed by atoms with E-state index in [1.165, 1.54) is 7.11 Å². The van der Waals surface area contributed by atoms with Gasteiger partial charge in [-0.15, -0.1) is 0 Å². The molecular formula is C9H16O5S. The molecule has 0 aromatic heterocycles. The van der Waals surface area contributed by atoms with E-state index >= 15 is 0 Å². The van der Waals surface area contributed by atoms with Crippen LogP contribution in [0.4, 0.5) is 0 Å². The molecule has 5 nitrogen and oxygen atoms in total. The molecule has 1 fully saturated rings. The minimum absolute atomic E-state index is 0.0985. The normalized spacial score (nSPS) is 22.3. The fourth-order valence-corrected chi connectivity index (χ4v) is 3.00. The van der Waals surface area contributed by atoms with Gasteiger partial charge in [-0.2, -0.15) is 0 Å². The first-order valence-electron chi connectivity index (χ1n) is 4.96. The first-order valence-corrected chi connectivity index (χ1v) is 6.68. The van der Waals surface area contributed by atoms with E-state index in [2.05, 4.69) is 4.74 Å². The van der Waals surface area contributed by atoms with Gasteiger partial charge in [-0.1, -0.05) is 0 Å². The van der Waals surface area contributed by atoms with Gasteiger partial charge in [0.1, 0.15) is 0 Å². The summed E-state index contributed by atoms with van der Waals surface area (Å²) >= 11 is 0. The van der Waals surface area contributed by atoms with Crippen LogP contribution in [0.5, 0.6) is 0 Å². The van der Waals surface area contributed by atoms with Gasteiger partial charge in [0.25, 0.3) is 0 Å². The van der Waals surface area contributed by atoms with E-state index in [0.29, 0.717) is 13.0 Å². The molecule has 1 atom stereocenters. The average Bonchev–Trinajstić information content (AvgIpc) is 2.27. The van der Waals surface area contributed by atoms with E-state index in [1.807, 2.05) is 0 Å². The number of ether oxygens (including phenoxy) is 2. The molecule has 0 aromatic rings. The third-order valence-corrected chi connectivity index (χ3v) is 4.30. The van der Waals surface area contributed by atoms with Crippen LogP contribution in [0.3, 0.4) is 0 Å². The Morgan fingerprint density at radius 2 is 2.20 bits per heavy atom. The lowest BCUT2D eigenvalue weighted by molar-refractivity contribution is -0.140. The van der Waals surface area contributed by atoms with Gasteiger partial charge >= 0.3 is 5.97 Å². The second kappa shape index (κ2) is 5.46. The minimum atomic E-state index is -3.31. The van der Waals surface area contributed by atoms with E-state index in [9.17, 15) is 13.2 Å². The van der Waals surface area contributed by atoms with Crippen LogP contribution in [0, 0.1) is 0 Å². The van der Waals surface area contributed by atoms with Crippen LogP contribution in [-0.2, 0) is 24.1 Å². The van der Waals surface area contributed by atoms with E-state index in [4.69, 9.17) is 4.74 Å². The summed E-state index contributed by atoms with van der Waals surface area (Å²) in [6.45, 7) is 0.488. The Morgan fingerprint density at radius 3 is 2.73 bits per heavy atom. The van der Waals surface area contributed by atoms with Gasteiger partial charge in [0.15, 0.2) is 15.3 Å². The van der Waals surface area contributed by atoms with Gasteiger partial charge in [-0.3, -0.25) is 4.79 Å². The molecule has 15 heavy (non-hydrogen) atoms. The fourth-order valence-electron chi connectivity index (χ4n) is 1.45. The molecule has 0 saturated carbocycles. The molecule has 0 amide bonds. The van der Waals surface area contributed by atoms with Crippen molar-refractivity contribution in [1.29, 1.82) is 0 Å². The van der Waals surface area contributed by atoms with E-state index in [-0.39, 0.29) is 12.2 Å². The first-order chi connectivity index (χ1) is 7.06. The van der Waals surface area contributed by atoms with Crippen molar-refractivity contribution >= 4 is 15.8 Å². The van der Waals surface area contributed by atoms with Crippen molar-refractivity contribution < 1.29 is 22.7 Å². The molecular weight excluding hydrogens is 220 g/mol. The van der Waals surface area contributed by atoms with E-state index < -0.39 is 21.2 Å². The second-order valence-electron chi connectivity index (χ2n) is 3.49. The number of carbonyl (C=O) groups is 1. The molecule has 1 rings (SSSR count). The predicted octanol–water partition coefficient (Wildman–Crippen LogP) is 0.491. The monoisotopic (exact) mass is 236 g/mol. The maximum Gasteiger partial charge on any atom is 0.306 e. The highest BCUT2D eigenvalue weighted by atomic mass is 32.2. The molecule has 0 radical (unpaired) electrons. The highest BCUT2D eigenvalue weighted by Gasteiger charge is 2.28. The summed E-state index contributed by atoms with van der Waals surface area (Å²) in [5.41, 5.74) is -0.726. The standard InChI is InChI=1S/C9H16O5S/c1-13-8(10)5-7-15(11,12)9-4-2-3-6-14-9/h9H,2-7H2,1H3. The lowest BCUT2D eigenvalue weighted by Crippen LogP contribution is -2.31. The molecule has 0 bridgehead atoms. The van der Waals surface area contributed by atoms with Gasteiger partial charge in [0, 0.05) is 6.61 Å². The number of carbonyl (C=O) groups excluding carboxylic acids is 1. The average molecular weight is 236 g/mol. The number of hydrogen-bond acceptors (Lipinski definition) is 5. The maximum absolute atomic E-state index is 11.7. The molecule has 1 unspecified atom stereocenters. The highest BCUT2D eigenvalue weighted by molar-refractivity contribution is 7.91. The van der Waals surface area contributed by atoms with Gasteiger partial charge in [0.2, 0.25) is 0 Å². The summed E-state index contributed by atoms with van der Waals surface area (Å²) in [6, 6.07) is 0. The quantitative estimate of drug-likeness (QED) is 0.664. The zero-order valence-corrected chi connectivity index (χ0v) is 9.59. The van der Waals surface area contributed by atoms with E-state index in [1.54, 1.807) is 0 Å². The predicted molar refractivity (Wildman–Crippen MR) is 54.0 cm³/mol. The SMILES string of the molecule is COC(=O)CCS(=O)(=O)C1CCCCO1. The molecule has 6 heteroatoms. The Bertz CT molecular complexity index is 302. The Kier molecular flexibility index (Phi) is 4.53. The summed E-state index contributed by atoms with van der Waals surface area (Å²) in [6.07, 6.45) is 2.20. The Balaban J connectivity index is 2.46. The molecule has 1 heterocycles. The van der Waals surface area contributed by atoms with Crippen molar-refractivity contribution in [1.82, 2.24) is 0 Å². The number of sulfone groups is 1. The smallest absolute Gasteiger partial charge is 0.306 e. The summed E-state index contributed by atoms with van der Waals surface area (Å²) in [5, 5.41) is 0. The van der Waals surface area contributed by atoms with Crippen LogP contribution in [0.1, 0.15) is 25.7 Å². The van der Waals surface area contributed by atoms with Crippen LogP contribution in [0.25, 0.3) is 0 Å². The topological polar surface area (TPSA) is 69.7 Å². The summed E-state index contributed by atoms with van der Waals surface area (Å²) in [7, 11) is -2.07. The molecule has 0 aliphatic carbocycles. The first kappa shape index (κ1) is 12.4. The van der Waals surface area contributed by atoms with Crippen molar-refractivity contribution in [3.63, 3.8) is 0 Å². The molecule has 0 aromatic carbocycles. The van der Waals surface area contributed by atoms with Crippen LogP contribution < -0.4 is 0 Å². The van der Waals surface area contributed by atoms with Crippen molar-refractivity contribution in [2.45, 2.75) is 31.1 Å². The van der Waals surface area contributed by atoms with Gasteiger partial charge in [0.05, 0.1) is 19.3 Å². The van der Waals surface area contributed by atoms with Crippen molar-refractivity contribution in [3.05, 3.63) is 0 Å². The number of hydrogen-bond donors (Lipinski definition) is 0. The maximum atomic E-state index is 11.7. The second-order valence-corrected chi connectivity index (χ2v) is 5.75.